The number of imidazole rings is 1. The molecule has 2 atom stereocenters. The summed E-state index contributed by atoms with van der Waals surface area (Å²) in [5, 5.41) is 11.7. The molecule has 3 heterocycles. The fourth-order valence-corrected chi connectivity index (χ4v) is 6.40. The van der Waals surface area contributed by atoms with E-state index in [2.05, 4.69) is 5.43 Å². The SMILES string of the molecule is CC(C)(C)[C@H](c1nc(-c2cc(F)ccc2F)cn1Cc1ccccc1)N(CC[C@H](N)C(=O)NN1CCN(C(=O)CN2C(=O)C=CC2=O)CC1)C(=O)CO. The van der Waals surface area contributed by atoms with Crippen LogP contribution in [0.15, 0.2) is 66.9 Å². The normalized spacial score (nSPS) is 16.2. The van der Waals surface area contributed by atoms with Crippen LogP contribution >= 0.6 is 0 Å². The number of aliphatic hydroxyl groups excluding tert-OH is 1. The molecule has 5 amide bonds. The quantitative estimate of drug-likeness (QED) is 0.221. The number of aromatic nitrogens is 2. The van der Waals surface area contributed by atoms with Crippen molar-refractivity contribution in [3.8, 4) is 11.3 Å². The van der Waals surface area contributed by atoms with Crippen molar-refractivity contribution in [3.63, 3.8) is 0 Å². The van der Waals surface area contributed by atoms with E-state index in [1.54, 1.807) is 15.8 Å². The number of halogens is 2. The molecule has 1 saturated heterocycles. The molecule has 2 aliphatic heterocycles. The zero-order chi connectivity index (χ0) is 38.4. The number of nitrogens with two attached hydrogens (primary N) is 1. The van der Waals surface area contributed by atoms with E-state index in [-0.39, 0.29) is 56.9 Å². The predicted molar refractivity (Wildman–Crippen MR) is 189 cm³/mol. The van der Waals surface area contributed by atoms with E-state index in [0.29, 0.717) is 12.4 Å². The molecule has 4 N–H and O–H groups in total. The van der Waals surface area contributed by atoms with Crippen molar-refractivity contribution in [3.05, 3.63) is 89.9 Å². The molecule has 3 aromatic rings. The number of rotatable bonds is 13. The number of amides is 5. The highest BCUT2D eigenvalue weighted by Crippen LogP contribution is 2.39. The van der Waals surface area contributed by atoms with Crippen LogP contribution in [0.4, 0.5) is 8.78 Å². The second-order valence-corrected chi connectivity index (χ2v) is 14.1. The van der Waals surface area contributed by atoms with E-state index in [0.717, 1.165) is 40.8 Å². The molecule has 0 spiro atoms. The molecule has 282 valence electrons. The second kappa shape index (κ2) is 16.6. The Kier molecular flexibility index (Phi) is 12.2. The van der Waals surface area contributed by atoms with Crippen molar-refractivity contribution in [1.82, 2.24) is 34.7 Å². The highest BCUT2D eigenvalue weighted by atomic mass is 19.1. The monoisotopic (exact) mass is 734 g/mol. The predicted octanol–water partition coefficient (Wildman–Crippen LogP) is 1.60. The summed E-state index contributed by atoms with van der Waals surface area (Å²) >= 11 is 0. The number of nitrogens with zero attached hydrogens (tertiary/aromatic N) is 6. The molecule has 16 heteroatoms. The van der Waals surface area contributed by atoms with Gasteiger partial charge >= 0.3 is 0 Å². The zero-order valence-electron chi connectivity index (χ0n) is 29.9. The minimum Gasteiger partial charge on any atom is -0.387 e. The van der Waals surface area contributed by atoms with Gasteiger partial charge in [0.1, 0.15) is 30.6 Å². The average molecular weight is 735 g/mol. The largest absolute Gasteiger partial charge is 0.387 e. The summed E-state index contributed by atoms with van der Waals surface area (Å²) < 4.78 is 31.0. The molecule has 2 aromatic carbocycles. The van der Waals surface area contributed by atoms with Gasteiger partial charge in [-0.25, -0.2) is 18.8 Å². The molecular weight excluding hydrogens is 690 g/mol. The van der Waals surface area contributed by atoms with E-state index >= 15 is 0 Å². The lowest BCUT2D eigenvalue weighted by molar-refractivity contribution is -0.145. The van der Waals surface area contributed by atoms with E-state index < -0.39 is 65.3 Å². The molecule has 0 saturated carbocycles. The number of aliphatic hydroxyl groups is 1. The first-order chi connectivity index (χ1) is 25.2. The summed E-state index contributed by atoms with van der Waals surface area (Å²) in [4.78, 5) is 71.6. The van der Waals surface area contributed by atoms with Crippen LogP contribution in [0.1, 0.15) is 44.6 Å². The first kappa shape index (κ1) is 38.9. The zero-order valence-corrected chi connectivity index (χ0v) is 29.9. The fraction of sp³-hybridized carbons (Fsp3) is 0.405. The maximum Gasteiger partial charge on any atom is 0.254 e. The number of hydrazine groups is 1. The second-order valence-electron chi connectivity index (χ2n) is 14.1. The lowest BCUT2D eigenvalue weighted by atomic mass is 9.84. The molecule has 53 heavy (non-hydrogen) atoms. The number of nitrogens with one attached hydrogen (secondary N) is 1. The Morgan fingerprint density at radius 3 is 2.28 bits per heavy atom. The first-order valence-electron chi connectivity index (χ1n) is 17.3. The Bertz CT molecular complexity index is 1850. The lowest BCUT2D eigenvalue weighted by Crippen LogP contribution is -2.58. The number of imide groups is 1. The number of hydrogen-bond donors (Lipinski definition) is 3. The molecule has 0 unspecified atom stereocenters. The summed E-state index contributed by atoms with van der Waals surface area (Å²) in [5.41, 5.74) is 9.38. The smallest absolute Gasteiger partial charge is 0.254 e. The Labute approximate surface area is 305 Å². The number of carbonyl (C=O) groups excluding carboxylic acids is 5. The maximum atomic E-state index is 15.0. The van der Waals surface area contributed by atoms with Crippen molar-refractivity contribution in [2.75, 3.05) is 45.9 Å². The van der Waals surface area contributed by atoms with Gasteiger partial charge in [0.2, 0.25) is 11.8 Å². The van der Waals surface area contributed by atoms with Crippen LogP contribution in [0, 0.1) is 17.0 Å². The average Bonchev–Trinajstić information content (AvgIpc) is 3.68. The van der Waals surface area contributed by atoms with E-state index in [9.17, 15) is 37.9 Å². The Hall–Kier alpha value is -5.32. The summed E-state index contributed by atoms with van der Waals surface area (Å²) in [5.74, 6) is -3.59. The highest BCUT2D eigenvalue weighted by molar-refractivity contribution is 6.14. The maximum absolute atomic E-state index is 15.0. The number of carbonyl (C=O) groups is 5. The van der Waals surface area contributed by atoms with Gasteiger partial charge < -0.3 is 25.2 Å². The Balaban J connectivity index is 1.30. The molecule has 5 rings (SSSR count). The van der Waals surface area contributed by atoms with E-state index in [1.807, 2.05) is 51.1 Å². The van der Waals surface area contributed by atoms with Gasteiger partial charge in [-0.1, -0.05) is 51.1 Å². The van der Waals surface area contributed by atoms with Gasteiger partial charge in [-0.15, -0.1) is 0 Å². The number of piperazine rings is 1. The van der Waals surface area contributed by atoms with Gasteiger partial charge in [0.25, 0.3) is 17.7 Å². The third kappa shape index (κ3) is 9.38. The molecule has 0 radical (unpaired) electrons. The molecule has 14 nitrogen and oxygen atoms in total. The standard InChI is InChI=1S/C37H44F2N8O6/c1-37(2,3)34(35-41-29(26-19-25(38)9-10-27(26)39)21-44(35)20-24-7-5-4-6-8-24)46(33(52)23-48)14-13-28(40)36(53)42-45-17-15-43(16-18-45)32(51)22-47-30(49)11-12-31(47)50/h4-12,19,21,28,34,48H,13-18,20,22-23,40H2,1-3H3,(H,42,53)/t28-,34-/m0/s1. The van der Waals surface area contributed by atoms with Crippen molar-refractivity contribution >= 4 is 29.5 Å². The van der Waals surface area contributed by atoms with Gasteiger partial charge in [-0.2, -0.15) is 0 Å². The summed E-state index contributed by atoms with van der Waals surface area (Å²) in [7, 11) is 0. The Morgan fingerprint density at radius 1 is 1.00 bits per heavy atom. The summed E-state index contributed by atoms with van der Waals surface area (Å²) in [6.45, 7) is 5.70. The van der Waals surface area contributed by atoms with Crippen LogP contribution in [0.2, 0.25) is 0 Å². The highest BCUT2D eigenvalue weighted by Gasteiger charge is 2.39. The molecule has 1 aromatic heterocycles. The minimum absolute atomic E-state index is 0.000687. The number of benzene rings is 2. The van der Waals surface area contributed by atoms with Crippen molar-refractivity contribution < 1.29 is 37.9 Å². The van der Waals surface area contributed by atoms with Crippen LogP contribution in [0.5, 0.6) is 0 Å². The van der Waals surface area contributed by atoms with Crippen molar-refractivity contribution in [1.29, 1.82) is 0 Å². The van der Waals surface area contributed by atoms with Gasteiger partial charge in [0.15, 0.2) is 0 Å². The molecule has 0 bridgehead atoms. The van der Waals surface area contributed by atoms with Crippen LogP contribution in [-0.2, 0) is 30.5 Å². The third-order valence-electron chi connectivity index (χ3n) is 9.15. The number of hydrogen-bond acceptors (Lipinski definition) is 9. The van der Waals surface area contributed by atoms with E-state index in [4.69, 9.17) is 10.7 Å². The van der Waals surface area contributed by atoms with Gasteiger partial charge in [0.05, 0.1) is 17.8 Å². The van der Waals surface area contributed by atoms with Gasteiger partial charge in [0, 0.05) is 63.2 Å². The summed E-state index contributed by atoms with van der Waals surface area (Å²) in [6.07, 6.45) is 3.83. The van der Waals surface area contributed by atoms with Gasteiger partial charge in [-0.3, -0.25) is 34.3 Å². The molecule has 0 aliphatic carbocycles. The molecule has 2 aliphatic rings. The van der Waals surface area contributed by atoms with Crippen molar-refractivity contribution in [2.24, 2.45) is 11.1 Å². The van der Waals surface area contributed by atoms with Crippen LogP contribution in [-0.4, -0.2) is 116 Å². The van der Waals surface area contributed by atoms with Crippen LogP contribution < -0.4 is 11.2 Å². The molecule has 1 fully saturated rings. The topological polar surface area (TPSA) is 174 Å². The third-order valence-corrected chi connectivity index (χ3v) is 9.15. The minimum atomic E-state index is -1.08. The Morgan fingerprint density at radius 2 is 1.66 bits per heavy atom. The fourth-order valence-electron chi connectivity index (χ4n) is 6.40. The summed E-state index contributed by atoms with van der Waals surface area (Å²) in [6, 6.07) is 10.6. The lowest BCUT2D eigenvalue weighted by Gasteiger charge is -2.40. The van der Waals surface area contributed by atoms with Crippen LogP contribution in [0.3, 0.4) is 0 Å². The molecular formula is C37H44F2N8O6. The van der Waals surface area contributed by atoms with Crippen LogP contribution in [0.25, 0.3) is 11.3 Å². The first-order valence-corrected chi connectivity index (χ1v) is 17.3. The van der Waals surface area contributed by atoms with Gasteiger partial charge in [-0.05, 0) is 35.6 Å². The van der Waals surface area contributed by atoms with Crippen molar-refractivity contribution in [2.45, 2.75) is 45.8 Å². The van der Waals surface area contributed by atoms with E-state index in [1.165, 1.54) is 9.80 Å².